The minimum atomic E-state index is 0.393. The number of halogens is 1. The molecule has 1 saturated carbocycles. The van der Waals surface area contributed by atoms with Crippen molar-refractivity contribution in [1.29, 1.82) is 0 Å². The summed E-state index contributed by atoms with van der Waals surface area (Å²) in [4.78, 5) is 4.59. The molecule has 1 aliphatic rings. The van der Waals surface area contributed by atoms with Crippen LogP contribution in [0, 0.1) is 5.41 Å². The van der Waals surface area contributed by atoms with Crippen molar-refractivity contribution in [1.82, 2.24) is 9.55 Å². The number of alkyl halides is 1. The zero-order valence-electron chi connectivity index (χ0n) is 9.57. The van der Waals surface area contributed by atoms with Crippen LogP contribution in [0.5, 0.6) is 0 Å². The number of rotatable bonds is 2. The largest absolute Gasteiger partial charge is 0.323 e. The number of imidazole rings is 1. The van der Waals surface area contributed by atoms with Crippen LogP contribution in [-0.4, -0.2) is 9.55 Å². The lowest BCUT2D eigenvalue weighted by atomic mass is 10.2. The van der Waals surface area contributed by atoms with Crippen molar-refractivity contribution in [3.05, 3.63) is 30.1 Å². The predicted octanol–water partition coefficient (Wildman–Crippen LogP) is 3.75. The Kier molecular flexibility index (Phi) is 2.05. The van der Waals surface area contributed by atoms with Gasteiger partial charge in [-0.25, -0.2) is 4.98 Å². The summed E-state index contributed by atoms with van der Waals surface area (Å²) in [5.74, 6) is 1.49. The van der Waals surface area contributed by atoms with E-state index in [-0.39, 0.29) is 0 Å². The van der Waals surface area contributed by atoms with Gasteiger partial charge in [-0.2, -0.15) is 0 Å². The highest BCUT2D eigenvalue weighted by molar-refractivity contribution is 6.16. The summed E-state index contributed by atoms with van der Waals surface area (Å²) in [5.41, 5.74) is 2.67. The van der Waals surface area contributed by atoms with Gasteiger partial charge in [0.1, 0.15) is 5.82 Å². The molecule has 2 aromatic rings. The third kappa shape index (κ3) is 1.36. The van der Waals surface area contributed by atoms with Crippen molar-refractivity contribution in [2.24, 2.45) is 5.41 Å². The van der Waals surface area contributed by atoms with Gasteiger partial charge in [-0.1, -0.05) is 26.0 Å². The molecular formula is C13H15ClN2. The van der Waals surface area contributed by atoms with Gasteiger partial charge < -0.3 is 4.57 Å². The van der Waals surface area contributed by atoms with E-state index >= 15 is 0 Å². The number of nitrogens with zero attached hydrogens (tertiary/aromatic N) is 2. The summed E-state index contributed by atoms with van der Waals surface area (Å²) in [6, 6.07) is 8.84. The molecule has 3 rings (SSSR count). The fraction of sp³-hybridized carbons (Fsp3) is 0.462. The molecule has 0 amide bonds. The first-order chi connectivity index (χ1) is 7.63. The Hall–Kier alpha value is -1.02. The van der Waals surface area contributed by atoms with E-state index in [4.69, 9.17) is 11.6 Å². The Balaban J connectivity index is 2.21. The molecule has 16 heavy (non-hydrogen) atoms. The van der Waals surface area contributed by atoms with E-state index in [9.17, 15) is 0 Å². The van der Waals surface area contributed by atoms with Crippen molar-refractivity contribution in [3.8, 4) is 0 Å². The summed E-state index contributed by atoms with van der Waals surface area (Å²) < 4.78 is 2.32. The zero-order chi connectivity index (χ0) is 11.3. The highest BCUT2D eigenvalue weighted by atomic mass is 35.5. The van der Waals surface area contributed by atoms with Gasteiger partial charge in [0, 0.05) is 6.04 Å². The van der Waals surface area contributed by atoms with Gasteiger partial charge in [0.25, 0.3) is 0 Å². The fourth-order valence-electron chi connectivity index (χ4n) is 2.42. The van der Waals surface area contributed by atoms with E-state index in [1.54, 1.807) is 0 Å². The molecule has 0 bridgehead atoms. The zero-order valence-corrected chi connectivity index (χ0v) is 10.3. The van der Waals surface area contributed by atoms with Crippen LogP contribution in [0.1, 0.15) is 32.1 Å². The Morgan fingerprint density at radius 2 is 2.12 bits per heavy atom. The fourth-order valence-corrected chi connectivity index (χ4v) is 2.61. The highest BCUT2D eigenvalue weighted by Crippen LogP contribution is 2.56. The van der Waals surface area contributed by atoms with Gasteiger partial charge >= 0.3 is 0 Å². The molecule has 1 aromatic carbocycles. The van der Waals surface area contributed by atoms with E-state index < -0.39 is 0 Å². The summed E-state index contributed by atoms with van der Waals surface area (Å²) in [7, 11) is 0. The minimum Gasteiger partial charge on any atom is -0.323 e. The Morgan fingerprint density at radius 1 is 1.44 bits per heavy atom. The molecule has 1 unspecified atom stereocenters. The topological polar surface area (TPSA) is 17.8 Å². The maximum atomic E-state index is 5.99. The minimum absolute atomic E-state index is 0.393. The van der Waals surface area contributed by atoms with Crippen molar-refractivity contribution < 1.29 is 0 Å². The summed E-state index contributed by atoms with van der Waals surface area (Å²) in [6.45, 7) is 4.59. The first kappa shape index (κ1) is 10.2. The van der Waals surface area contributed by atoms with Crippen LogP contribution in [0.15, 0.2) is 24.3 Å². The number of hydrogen-bond donors (Lipinski definition) is 0. The molecule has 1 fully saturated rings. The van der Waals surface area contributed by atoms with Crippen molar-refractivity contribution in [2.75, 3.05) is 0 Å². The molecule has 2 nitrogen and oxygen atoms in total. The molecule has 0 N–H and O–H groups in total. The number of fused-ring (bicyclic) bond motifs is 1. The highest BCUT2D eigenvalue weighted by Gasteiger charge is 2.48. The van der Waals surface area contributed by atoms with Crippen molar-refractivity contribution in [3.63, 3.8) is 0 Å². The lowest BCUT2D eigenvalue weighted by Crippen LogP contribution is -2.04. The predicted molar refractivity (Wildman–Crippen MR) is 66.7 cm³/mol. The normalized spacial score (nSPS) is 22.6. The summed E-state index contributed by atoms with van der Waals surface area (Å²) in [6.07, 6.45) is 1.22. The molecule has 0 spiro atoms. The third-order valence-electron chi connectivity index (χ3n) is 3.56. The second-order valence-corrected chi connectivity index (χ2v) is 5.50. The van der Waals surface area contributed by atoms with Crippen LogP contribution < -0.4 is 0 Å². The molecule has 1 atom stereocenters. The Labute approximate surface area is 100 Å². The lowest BCUT2D eigenvalue weighted by molar-refractivity contribution is 0.540. The maximum absolute atomic E-state index is 5.99. The summed E-state index contributed by atoms with van der Waals surface area (Å²) in [5, 5.41) is 0. The van der Waals surface area contributed by atoms with E-state index in [1.165, 1.54) is 11.9 Å². The molecule has 1 aliphatic carbocycles. The Bertz CT molecular complexity index is 542. The third-order valence-corrected chi connectivity index (χ3v) is 3.80. The number of hydrogen-bond acceptors (Lipinski definition) is 1. The van der Waals surface area contributed by atoms with Crippen molar-refractivity contribution >= 4 is 22.6 Å². The molecular weight excluding hydrogens is 220 g/mol. The molecule has 0 aliphatic heterocycles. The van der Waals surface area contributed by atoms with Crippen LogP contribution in [0.25, 0.3) is 11.0 Å². The first-order valence-electron chi connectivity index (χ1n) is 5.65. The monoisotopic (exact) mass is 234 g/mol. The van der Waals surface area contributed by atoms with Gasteiger partial charge in [0.05, 0.1) is 16.9 Å². The van der Waals surface area contributed by atoms with Gasteiger partial charge in [0.15, 0.2) is 0 Å². The van der Waals surface area contributed by atoms with E-state index in [2.05, 4.69) is 41.6 Å². The summed E-state index contributed by atoms with van der Waals surface area (Å²) >= 11 is 5.99. The van der Waals surface area contributed by atoms with Gasteiger partial charge in [0.2, 0.25) is 0 Å². The van der Waals surface area contributed by atoms with E-state index in [0.717, 1.165) is 11.3 Å². The quantitative estimate of drug-likeness (QED) is 0.724. The number of aromatic nitrogens is 2. The molecule has 1 heterocycles. The number of para-hydroxylation sites is 2. The van der Waals surface area contributed by atoms with Gasteiger partial charge in [-0.15, -0.1) is 11.6 Å². The van der Waals surface area contributed by atoms with Gasteiger partial charge in [-0.3, -0.25) is 0 Å². The smallest absolute Gasteiger partial charge is 0.125 e. The number of benzene rings is 1. The Morgan fingerprint density at radius 3 is 2.75 bits per heavy atom. The van der Waals surface area contributed by atoms with Crippen molar-refractivity contribution in [2.45, 2.75) is 32.2 Å². The second kappa shape index (κ2) is 3.24. The molecule has 3 heteroatoms. The van der Waals surface area contributed by atoms with E-state index in [1.807, 2.05) is 6.07 Å². The van der Waals surface area contributed by atoms with Crippen LogP contribution >= 0.6 is 11.6 Å². The van der Waals surface area contributed by atoms with Crippen LogP contribution in [0.3, 0.4) is 0 Å². The molecule has 0 saturated heterocycles. The van der Waals surface area contributed by atoms with Crippen LogP contribution in [0.2, 0.25) is 0 Å². The van der Waals surface area contributed by atoms with Crippen LogP contribution in [-0.2, 0) is 5.88 Å². The molecule has 1 aromatic heterocycles. The SMILES string of the molecule is CC1(C)CC1n1c(CCl)nc2ccccc21. The van der Waals surface area contributed by atoms with Gasteiger partial charge in [-0.05, 0) is 24.0 Å². The van der Waals surface area contributed by atoms with E-state index in [0.29, 0.717) is 17.3 Å². The average molecular weight is 235 g/mol. The second-order valence-electron chi connectivity index (χ2n) is 5.23. The maximum Gasteiger partial charge on any atom is 0.125 e. The molecule has 84 valence electrons. The standard InChI is InChI=1S/C13H15ClN2/c1-13(2)7-11(13)16-10-6-4-3-5-9(10)15-12(16)8-14/h3-6,11H,7-8H2,1-2H3. The first-order valence-corrected chi connectivity index (χ1v) is 6.19. The lowest BCUT2D eigenvalue weighted by Gasteiger charge is -2.09. The average Bonchev–Trinajstić information content (AvgIpc) is 2.76. The molecule has 0 radical (unpaired) electrons. The van der Waals surface area contributed by atoms with Crippen LogP contribution in [0.4, 0.5) is 0 Å².